The number of ether oxygens (including phenoxy) is 2. The summed E-state index contributed by atoms with van der Waals surface area (Å²) in [4.78, 5) is 40.7. The van der Waals surface area contributed by atoms with Crippen LogP contribution in [0.2, 0.25) is 0 Å². The van der Waals surface area contributed by atoms with Gasteiger partial charge in [-0.1, -0.05) is 17.7 Å². The van der Waals surface area contributed by atoms with Crippen LogP contribution < -0.4 is 15.4 Å². The third kappa shape index (κ3) is 7.29. The highest BCUT2D eigenvalue weighted by Gasteiger charge is 2.34. The second-order valence-electron chi connectivity index (χ2n) is 8.81. The highest BCUT2D eigenvalue weighted by Crippen LogP contribution is 2.23. The zero-order valence-electron chi connectivity index (χ0n) is 20.7. The summed E-state index contributed by atoms with van der Waals surface area (Å²) in [6.07, 6.45) is 1.93. The highest BCUT2D eigenvalue weighted by atomic mass is 16.5. The van der Waals surface area contributed by atoms with Crippen LogP contribution in [0.4, 0.5) is 0 Å². The first-order valence-corrected chi connectivity index (χ1v) is 12.0. The normalized spacial score (nSPS) is 14.8. The standard InChI is InChI=1S/C27H35N3O5/c1-19-5-7-22(8-6-19)27(33)30-16-13-20(14-17-30)24(26(32)28-15-4-18-34-2)29-25(31)21-9-11-23(35-3)12-10-21/h5-12,20,24H,4,13-18H2,1-3H3,(H,28,32)(H,29,31)/t24-/m0/s1. The van der Waals surface area contributed by atoms with E-state index >= 15 is 0 Å². The lowest BCUT2D eigenvalue weighted by Gasteiger charge is -2.36. The first-order valence-electron chi connectivity index (χ1n) is 12.0. The fourth-order valence-corrected chi connectivity index (χ4v) is 4.22. The lowest BCUT2D eigenvalue weighted by molar-refractivity contribution is -0.124. The van der Waals surface area contributed by atoms with Crippen molar-refractivity contribution in [3.63, 3.8) is 0 Å². The van der Waals surface area contributed by atoms with Crippen molar-refractivity contribution in [3.8, 4) is 5.75 Å². The Bertz CT molecular complexity index is 983. The molecule has 1 heterocycles. The molecule has 2 N–H and O–H groups in total. The zero-order chi connectivity index (χ0) is 25.2. The first-order chi connectivity index (χ1) is 16.9. The summed E-state index contributed by atoms with van der Waals surface area (Å²) < 4.78 is 10.2. The molecular weight excluding hydrogens is 446 g/mol. The molecule has 1 aliphatic heterocycles. The molecule has 0 unspecified atom stereocenters. The van der Waals surface area contributed by atoms with Crippen molar-refractivity contribution in [1.29, 1.82) is 0 Å². The number of nitrogens with one attached hydrogen (secondary N) is 2. The number of carbonyl (C=O) groups excluding carboxylic acids is 3. The molecule has 0 aliphatic carbocycles. The molecule has 0 saturated carbocycles. The molecule has 3 rings (SSSR count). The summed E-state index contributed by atoms with van der Waals surface area (Å²) >= 11 is 0. The van der Waals surface area contributed by atoms with Gasteiger partial charge in [-0.15, -0.1) is 0 Å². The maximum Gasteiger partial charge on any atom is 0.253 e. The van der Waals surface area contributed by atoms with Crippen LogP contribution in [-0.4, -0.2) is 69.1 Å². The third-order valence-electron chi connectivity index (χ3n) is 6.34. The molecule has 0 aromatic heterocycles. The monoisotopic (exact) mass is 481 g/mol. The molecule has 3 amide bonds. The topological polar surface area (TPSA) is 97.0 Å². The lowest BCUT2D eigenvalue weighted by atomic mass is 9.88. The van der Waals surface area contributed by atoms with Gasteiger partial charge in [-0.3, -0.25) is 14.4 Å². The van der Waals surface area contributed by atoms with E-state index < -0.39 is 6.04 Å². The number of aryl methyl sites for hydroxylation is 1. The number of methoxy groups -OCH3 is 2. The molecule has 188 valence electrons. The van der Waals surface area contributed by atoms with Crippen LogP contribution in [0.15, 0.2) is 48.5 Å². The molecule has 2 aromatic carbocycles. The van der Waals surface area contributed by atoms with Gasteiger partial charge < -0.3 is 25.0 Å². The Hall–Kier alpha value is -3.39. The molecule has 35 heavy (non-hydrogen) atoms. The molecular formula is C27H35N3O5. The molecule has 1 atom stereocenters. The highest BCUT2D eigenvalue weighted by molar-refractivity contribution is 5.98. The minimum Gasteiger partial charge on any atom is -0.497 e. The maximum atomic E-state index is 13.1. The summed E-state index contributed by atoms with van der Waals surface area (Å²) in [6, 6.07) is 13.6. The number of nitrogens with zero attached hydrogens (tertiary/aromatic N) is 1. The number of rotatable bonds is 10. The smallest absolute Gasteiger partial charge is 0.253 e. The van der Waals surface area contributed by atoms with Gasteiger partial charge in [-0.2, -0.15) is 0 Å². The van der Waals surface area contributed by atoms with Crippen molar-refractivity contribution in [3.05, 3.63) is 65.2 Å². The van der Waals surface area contributed by atoms with Gasteiger partial charge in [0.15, 0.2) is 0 Å². The number of hydrogen-bond donors (Lipinski definition) is 2. The number of piperidine rings is 1. The van der Waals surface area contributed by atoms with Crippen LogP contribution in [-0.2, 0) is 9.53 Å². The Balaban J connectivity index is 1.66. The number of likely N-dealkylation sites (tertiary alicyclic amines) is 1. The third-order valence-corrected chi connectivity index (χ3v) is 6.34. The average molecular weight is 482 g/mol. The molecule has 1 saturated heterocycles. The van der Waals surface area contributed by atoms with Crippen molar-refractivity contribution in [2.24, 2.45) is 5.92 Å². The molecule has 0 bridgehead atoms. The Kier molecular flexibility index (Phi) is 9.66. The van der Waals surface area contributed by atoms with E-state index in [9.17, 15) is 14.4 Å². The van der Waals surface area contributed by atoms with Crippen molar-refractivity contribution in [2.45, 2.75) is 32.2 Å². The van der Waals surface area contributed by atoms with Crippen molar-refractivity contribution in [1.82, 2.24) is 15.5 Å². The van der Waals surface area contributed by atoms with Gasteiger partial charge in [-0.05, 0) is 68.5 Å². The summed E-state index contributed by atoms with van der Waals surface area (Å²) in [7, 11) is 3.18. The van der Waals surface area contributed by atoms with Gasteiger partial charge in [0, 0.05) is 44.5 Å². The SMILES string of the molecule is COCCCNC(=O)[C@@H](NC(=O)c1ccc(OC)cc1)C1CCN(C(=O)c2ccc(C)cc2)CC1. The maximum absolute atomic E-state index is 13.1. The Morgan fingerprint density at radius 3 is 2.20 bits per heavy atom. The molecule has 1 fully saturated rings. The Morgan fingerprint density at radius 2 is 1.60 bits per heavy atom. The van der Waals surface area contributed by atoms with Gasteiger partial charge in [0.25, 0.3) is 11.8 Å². The summed E-state index contributed by atoms with van der Waals surface area (Å²) in [6.45, 7) is 4.06. The molecule has 0 spiro atoms. The summed E-state index contributed by atoms with van der Waals surface area (Å²) in [5, 5.41) is 5.86. The van der Waals surface area contributed by atoms with Crippen LogP contribution in [0.25, 0.3) is 0 Å². The van der Waals surface area contributed by atoms with E-state index in [4.69, 9.17) is 9.47 Å². The van der Waals surface area contributed by atoms with Gasteiger partial charge >= 0.3 is 0 Å². The lowest BCUT2D eigenvalue weighted by Crippen LogP contribution is -2.54. The summed E-state index contributed by atoms with van der Waals surface area (Å²) in [5.41, 5.74) is 2.22. The van der Waals surface area contributed by atoms with Crippen molar-refractivity contribution in [2.75, 3.05) is 40.5 Å². The zero-order valence-corrected chi connectivity index (χ0v) is 20.7. The van der Waals surface area contributed by atoms with Crippen LogP contribution >= 0.6 is 0 Å². The van der Waals surface area contributed by atoms with Crippen LogP contribution in [0.1, 0.15) is 45.5 Å². The van der Waals surface area contributed by atoms with E-state index in [1.165, 1.54) is 0 Å². The quantitative estimate of drug-likeness (QED) is 0.509. The second kappa shape index (κ2) is 12.9. The number of benzene rings is 2. The van der Waals surface area contributed by atoms with E-state index in [2.05, 4.69) is 10.6 Å². The molecule has 1 aliphatic rings. The minimum absolute atomic E-state index is 0.00807. The minimum atomic E-state index is -0.691. The fourth-order valence-electron chi connectivity index (χ4n) is 4.22. The van der Waals surface area contributed by atoms with Gasteiger partial charge in [0.1, 0.15) is 11.8 Å². The summed E-state index contributed by atoms with van der Waals surface area (Å²) in [5.74, 6) is 0.0294. The largest absolute Gasteiger partial charge is 0.497 e. The van der Waals surface area contributed by atoms with Crippen molar-refractivity contribution < 1.29 is 23.9 Å². The van der Waals surface area contributed by atoms with Crippen LogP contribution in [0.3, 0.4) is 0 Å². The van der Waals surface area contributed by atoms with Gasteiger partial charge in [0.05, 0.1) is 7.11 Å². The second-order valence-corrected chi connectivity index (χ2v) is 8.81. The molecule has 0 radical (unpaired) electrons. The Labute approximate surface area is 207 Å². The average Bonchev–Trinajstić information content (AvgIpc) is 2.89. The first kappa shape index (κ1) is 26.2. The molecule has 8 nitrogen and oxygen atoms in total. The van der Waals surface area contributed by atoms with Crippen LogP contribution in [0.5, 0.6) is 5.75 Å². The number of carbonyl (C=O) groups is 3. The molecule has 8 heteroatoms. The number of hydrogen-bond acceptors (Lipinski definition) is 5. The predicted octanol–water partition coefficient (Wildman–Crippen LogP) is 2.81. The predicted molar refractivity (Wildman–Crippen MR) is 134 cm³/mol. The van der Waals surface area contributed by atoms with Crippen LogP contribution in [0, 0.1) is 12.8 Å². The Morgan fingerprint density at radius 1 is 0.971 bits per heavy atom. The van der Waals surface area contributed by atoms with E-state index in [1.54, 1.807) is 38.5 Å². The molecule has 2 aromatic rings. The van der Waals surface area contributed by atoms with E-state index in [0.29, 0.717) is 62.4 Å². The van der Waals surface area contributed by atoms with E-state index in [0.717, 1.165) is 5.56 Å². The fraction of sp³-hybridized carbons (Fsp3) is 0.444. The van der Waals surface area contributed by atoms with E-state index in [1.807, 2.05) is 36.1 Å². The van der Waals surface area contributed by atoms with Gasteiger partial charge in [-0.25, -0.2) is 0 Å². The van der Waals surface area contributed by atoms with E-state index in [-0.39, 0.29) is 23.6 Å². The van der Waals surface area contributed by atoms with Crippen molar-refractivity contribution >= 4 is 17.7 Å². The number of amides is 3. The van der Waals surface area contributed by atoms with Gasteiger partial charge in [0.2, 0.25) is 5.91 Å².